The van der Waals surface area contributed by atoms with Gasteiger partial charge in [-0.1, -0.05) is 25.4 Å². The zero-order valence-electron chi connectivity index (χ0n) is 25.1. The van der Waals surface area contributed by atoms with Crippen LogP contribution in [0.3, 0.4) is 0 Å². The fraction of sp³-hybridized carbons (Fsp3) is 0.533. The monoisotopic (exact) mass is 603 g/mol. The van der Waals surface area contributed by atoms with Gasteiger partial charge in [0.05, 0.1) is 30.8 Å². The van der Waals surface area contributed by atoms with Crippen LogP contribution in [0, 0.1) is 5.82 Å². The molecule has 12 heteroatoms. The number of methoxy groups -OCH3 is 1. The molecule has 3 aromatic rings. The van der Waals surface area contributed by atoms with Crippen molar-refractivity contribution < 1.29 is 23.5 Å². The van der Waals surface area contributed by atoms with Crippen molar-refractivity contribution in [3.8, 4) is 11.5 Å². The van der Waals surface area contributed by atoms with Crippen LogP contribution in [0.4, 0.5) is 4.39 Å². The third-order valence-corrected chi connectivity index (χ3v) is 7.97. The standard InChI is InChI=1S/C28H33ClFN5O5.C2H6/c1-5-32-10-8-7-9-11-40-20-13-19(30)18(29)12-17(20)15-34-26(36)21-23(22(31-34)27(32)37)35-16(3)14-33(6-2)28(38)24(35)25(21)39-4;1-2/h12-13,16H,5-11,14-15H2,1-4H3;1-2H3. The molecule has 0 saturated heterocycles. The normalized spacial score (nSPS) is 17.6. The van der Waals surface area contributed by atoms with Gasteiger partial charge in [0.2, 0.25) is 0 Å². The molecule has 0 aliphatic carbocycles. The van der Waals surface area contributed by atoms with Gasteiger partial charge < -0.3 is 23.8 Å². The molecular weight excluding hydrogens is 565 g/mol. The van der Waals surface area contributed by atoms with E-state index in [-0.39, 0.29) is 63.2 Å². The summed E-state index contributed by atoms with van der Waals surface area (Å²) < 4.78 is 28.9. The Balaban J connectivity index is 0.00000198. The van der Waals surface area contributed by atoms with Crippen LogP contribution in [0.1, 0.15) is 86.5 Å². The molecule has 0 N–H and O–H groups in total. The van der Waals surface area contributed by atoms with Gasteiger partial charge in [-0.25, -0.2) is 9.07 Å². The first-order valence-electron chi connectivity index (χ1n) is 14.6. The molecule has 10 nitrogen and oxygen atoms in total. The second-order valence-corrected chi connectivity index (χ2v) is 10.6. The fourth-order valence-corrected chi connectivity index (χ4v) is 5.83. The molecule has 2 aromatic heterocycles. The zero-order valence-corrected chi connectivity index (χ0v) is 25.9. The highest BCUT2D eigenvalue weighted by molar-refractivity contribution is 6.30. The topological polar surface area (TPSA) is 98.9 Å². The molecule has 4 heterocycles. The summed E-state index contributed by atoms with van der Waals surface area (Å²) in [7, 11) is 1.40. The van der Waals surface area contributed by atoms with E-state index in [1.54, 1.807) is 14.4 Å². The van der Waals surface area contributed by atoms with Crippen molar-refractivity contribution in [3.05, 3.63) is 50.3 Å². The van der Waals surface area contributed by atoms with Crippen molar-refractivity contribution >= 4 is 34.3 Å². The maximum atomic E-state index is 14.4. The number of aromatic nitrogens is 3. The van der Waals surface area contributed by atoms with Gasteiger partial charge in [-0.2, -0.15) is 5.10 Å². The van der Waals surface area contributed by atoms with Crippen LogP contribution in [-0.4, -0.2) is 75.9 Å². The van der Waals surface area contributed by atoms with E-state index in [2.05, 4.69) is 5.10 Å². The number of benzene rings is 1. The second kappa shape index (κ2) is 13.1. The fourth-order valence-electron chi connectivity index (χ4n) is 5.64. The number of hydrogen-bond acceptors (Lipinski definition) is 6. The van der Waals surface area contributed by atoms with Crippen LogP contribution >= 0.6 is 11.6 Å². The van der Waals surface area contributed by atoms with Crippen LogP contribution in [0.25, 0.3) is 10.9 Å². The molecule has 0 spiro atoms. The van der Waals surface area contributed by atoms with Crippen LogP contribution in [0.15, 0.2) is 16.9 Å². The van der Waals surface area contributed by atoms with Gasteiger partial charge in [0.1, 0.15) is 17.0 Å². The number of halogens is 2. The number of hydrogen-bond donors (Lipinski definition) is 0. The molecule has 228 valence electrons. The minimum atomic E-state index is -0.637. The molecular formula is C30H39ClFN5O5. The Hall–Kier alpha value is -3.60. The Morgan fingerprint density at radius 3 is 2.45 bits per heavy atom. The Labute approximate surface area is 249 Å². The summed E-state index contributed by atoms with van der Waals surface area (Å²) in [6.07, 6.45) is 2.23. The number of amides is 2. The number of ether oxygens (including phenoxy) is 2. The molecule has 1 unspecified atom stereocenters. The van der Waals surface area contributed by atoms with Crippen molar-refractivity contribution in [3.63, 3.8) is 0 Å². The van der Waals surface area contributed by atoms with Gasteiger partial charge in [-0.15, -0.1) is 0 Å². The number of likely N-dealkylation sites (N-methyl/N-ethyl adjacent to an activating group) is 1. The van der Waals surface area contributed by atoms with Crippen molar-refractivity contribution in [2.45, 2.75) is 66.5 Å². The molecule has 2 amide bonds. The maximum Gasteiger partial charge on any atom is 0.280 e. The highest BCUT2D eigenvalue weighted by Gasteiger charge is 2.38. The van der Waals surface area contributed by atoms with E-state index < -0.39 is 11.4 Å². The predicted molar refractivity (Wildman–Crippen MR) is 160 cm³/mol. The summed E-state index contributed by atoms with van der Waals surface area (Å²) >= 11 is 6.11. The van der Waals surface area contributed by atoms with E-state index in [4.69, 9.17) is 21.1 Å². The van der Waals surface area contributed by atoms with E-state index in [1.165, 1.54) is 19.2 Å². The number of rotatable bonds is 3. The van der Waals surface area contributed by atoms with Crippen LogP contribution in [0.5, 0.6) is 11.5 Å². The van der Waals surface area contributed by atoms with Gasteiger partial charge in [-0.3, -0.25) is 14.4 Å². The van der Waals surface area contributed by atoms with Gasteiger partial charge in [0.15, 0.2) is 17.1 Å². The van der Waals surface area contributed by atoms with Gasteiger partial charge >= 0.3 is 0 Å². The summed E-state index contributed by atoms with van der Waals surface area (Å²) in [6.45, 7) is 11.8. The Bertz CT molecular complexity index is 1550. The molecule has 1 atom stereocenters. The number of carbonyl (C=O) groups excluding carboxylic acids is 2. The van der Waals surface area contributed by atoms with Gasteiger partial charge in [-0.05, 0) is 46.1 Å². The summed E-state index contributed by atoms with van der Waals surface area (Å²) in [6, 6.07) is 2.37. The second-order valence-electron chi connectivity index (χ2n) is 10.1. The highest BCUT2D eigenvalue weighted by Crippen LogP contribution is 2.39. The van der Waals surface area contributed by atoms with Gasteiger partial charge in [0.25, 0.3) is 17.4 Å². The van der Waals surface area contributed by atoms with E-state index in [1.807, 2.05) is 34.6 Å². The predicted octanol–water partition coefficient (Wildman–Crippen LogP) is 5.14. The maximum absolute atomic E-state index is 14.4. The van der Waals surface area contributed by atoms with Crippen molar-refractivity contribution in [1.29, 1.82) is 0 Å². The molecule has 2 bridgehead atoms. The average molecular weight is 604 g/mol. The summed E-state index contributed by atoms with van der Waals surface area (Å²) in [4.78, 5) is 45.1. The lowest BCUT2D eigenvalue weighted by molar-refractivity contribution is 0.0682. The first kappa shape index (κ1) is 31.3. The van der Waals surface area contributed by atoms with E-state index in [0.29, 0.717) is 44.8 Å². The van der Waals surface area contributed by atoms with Crippen molar-refractivity contribution in [1.82, 2.24) is 24.1 Å². The van der Waals surface area contributed by atoms with Crippen LogP contribution in [0.2, 0.25) is 5.02 Å². The van der Waals surface area contributed by atoms with E-state index in [0.717, 1.165) is 17.5 Å². The third-order valence-electron chi connectivity index (χ3n) is 7.68. The molecule has 42 heavy (non-hydrogen) atoms. The summed E-state index contributed by atoms with van der Waals surface area (Å²) in [5.74, 6) is -0.898. The van der Waals surface area contributed by atoms with E-state index >= 15 is 0 Å². The largest absolute Gasteiger partial charge is 0.493 e. The van der Waals surface area contributed by atoms with Crippen molar-refractivity contribution in [2.75, 3.05) is 39.9 Å². The summed E-state index contributed by atoms with van der Waals surface area (Å²) in [5, 5.41) is 4.57. The SMILES string of the molecule is CC.CCN1CCCCCOc2cc(F)c(Cl)cc2Cn2nc(c3c(c(OC)c4n3C(C)CN(CC)C4=O)c2=O)C1=O. The first-order chi connectivity index (χ1) is 20.2. The molecule has 1 aromatic carbocycles. The molecule has 5 rings (SSSR count). The lowest BCUT2D eigenvalue weighted by Gasteiger charge is -2.33. The number of carbonyl (C=O) groups is 2. The molecule has 2 aliphatic rings. The minimum Gasteiger partial charge on any atom is -0.493 e. The Morgan fingerprint density at radius 2 is 1.79 bits per heavy atom. The molecule has 0 saturated carbocycles. The zero-order chi connectivity index (χ0) is 30.7. The lowest BCUT2D eigenvalue weighted by Crippen LogP contribution is -2.42. The lowest BCUT2D eigenvalue weighted by atomic mass is 10.1. The Morgan fingerprint density at radius 1 is 1.07 bits per heavy atom. The molecule has 2 aliphatic heterocycles. The number of fused-ring (bicyclic) bond motifs is 7. The smallest absolute Gasteiger partial charge is 0.280 e. The van der Waals surface area contributed by atoms with Crippen LogP contribution in [-0.2, 0) is 6.54 Å². The van der Waals surface area contributed by atoms with E-state index in [9.17, 15) is 18.8 Å². The Kier molecular flexibility index (Phi) is 9.81. The number of nitrogens with zero attached hydrogens (tertiary/aromatic N) is 5. The first-order valence-corrected chi connectivity index (χ1v) is 15.0. The molecule has 0 radical (unpaired) electrons. The summed E-state index contributed by atoms with van der Waals surface area (Å²) in [5.41, 5.74) is 0.452. The van der Waals surface area contributed by atoms with Crippen LogP contribution < -0.4 is 15.0 Å². The highest BCUT2D eigenvalue weighted by atomic mass is 35.5. The molecule has 0 fully saturated rings. The third kappa shape index (κ3) is 5.46. The van der Waals surface area contributed by atoms with Gasteiger partial charge in [0, 0.05) is 43.9 Å². The average Bonchev–Trinajstić information content (AvgIpc) is 3.35. The quantitative estimate of drug-likeness (QED) is 0.411. The minimum absolute atomic E-state index is 0.0540. The van der Waals surface area contributed by atoms with Crippen molar-refractivity contribution in [2.24, 2.45) is 0 Å².